The molecule has 0 bridgehead atoms. The van der Waals surface area contributed by atoms with Crippen molar-refractivity contribution in [2.75, 3.05) is 0 Å². The third kappa shape index (κ3) is 16.8. The molecule has 0 aromatic carbocycles. The fourth-order valence-corrected chi connectivity index (χ4v) is 4.98. The second-order valence-electron chi connectivity index (χ2n) is 5.15. The number of rotatable bonds is 14. The first kappa shape index (κ1) is 17.8. The third-order valence-corrected chi connectivity index (χ3v) is 6.58. The van der Waals surface area contributed by atoms with E-state index in [0.717, 1.165) is 0 Å². The number of hydrogen-bond donors (Lipinski definition) is 0. The molecule has 0 aliphatic carbocycles. The van der Waals surface area contributed by atoms with Crippen LogP contribution >= 0.6 is 0 Å². The Morgan fingerprint density at radius 1 is 0.471 bits per heavy atom. The standard InChI is InChI=1S/C16H34Te/c1-3-5-7-9-11-13-15-17-16-14-12-10-8-6-4-2/h3-16H2,1-2H3. The molecule has 0 fully saturated rings. The summed E-state index contributed by atoms with van der Waals surface area (Å²) in [5.41, 5.74) is 0. The fourth-order valence-electron chi connectivity index (χ4n) is 2.07. The molecule has 0 aromatic heterocycles. The normalized spacial score (nSPS) is 10.9. The topological polar surface area (TPSA) is 0 Å². The molecule has 0 rings (SSSR count). The molecule has 17 heavy (non-hydrogen) atoms. The quantitative estimate of drug-likeness (QED) is 0.256. The second-order valence-corrected chi connectivity index (χ2v) is 8.64. The van der Waals surface area contributed by atoms with Crippen LogP contribution in [0.25, 0.3) is 0 Å². The Morgan fingerprint density at radius 3 is 1.24 bits per heavy atom. The molecular formula is C16H34Te. The van der Waals surface area contributed by atoms with Crippen LogP contribution in [0.5, 0.6) is 0 Å². The van der Waals surface area contributed by atoms with E-state index in [0.29, 0.717) is 20.9 Å². The van der Waals surface area contributed by atoms with Gasteiger partial charge in [-0.25, -0.2) is 0 Å². The van der Waals surface area contributed by atoms with Crippen molar-refractivity contribution in [3.05, 3.63) is 0 Å². The van der Waals surface area contributed by atoms with Gasteiger partial charge >= 0.3 is 121 Å². The summed E-state index contributed by atoms with van der Waals surface area (Å²) in [4.78, 5) is 0. The first-order chi connectivity index (χ1) is 8.41. The molecule has 0 N–H and O–H groups in total. The van der Waals surface area contributed by atoms with Gasteiger partial charge in [0, 0.05) is 0 Å². The first-order valence-corrected chi connectivity index (χ1v) is 11.3. The van der Waals surface area contributed by atoms with Gasteiger partial charge in [-0.2, -0.15) is 0 Å². The van der Waals surface area contributed by atoms with Crippen molar-refractivity contribution in [2.45, 2.75) is 99.8 Å². The van der Waals surface area contributed by atoms with Gasteiger partial charge in [0.1, 0.15) is 0 Å². The molecule has 0 unspecified atom stereocenters. The van der Waals surface area contributed by atoms with Crippen LogP contribution in [0.15, 0.2) is 0 Å². The predicted octanol–water partition coefficient (Wildman–Crippen LogP) is 6.25. The number of unbranched alkanes of at least 4 members (excludes halogenated alkanes) is 10. The van der Waals surface area contributed by atoms with Crippen molar-refractivity contribution in [3.63, 3.8) is 0 Å². The van der Waals surface area contributed by atoms with Crippen LogP contribution in [-0.2, 0) is 0 Å². The summed E-state index contributed by atoms with van der Waals surface area (Å²) >= 11 is 0.406. The monoisotopic (exact) mass is 356 g/mol. The van der Waals surface area contributed by atoms with Gasteiger partial charge in [-0.05, 0) is 0 Å². The van der Waals surface area contributed by atoms with Crippen LogP contribution < -0.4 is 0 Å². The summed E-state index contributed by atoms with van der Waals surface area (Å²) in [6, 6.07) is 0. The van der Waals surface area contributed by atoms with E-state index in [1.807, 2.05) is 0 Å². The summed E-state index contributed by atoms with van der Waals surface area (Å²) in [5.74, 6) is 0. The summed E-state index contributed by atoms with van der Waals surface area (Å²) in [7, 11) is 0. The van der Waals surface area contributed by atoms with Gasteiger partial charge in [0.05, 0.1) is 0 Å². The Balaban J connectivity index is 2.85. The van der Waals surface area contributed by atoms with Crippen molar-refractivity contribution in [3.8, 4) is 0 Å². The van der Waals surface area contributed by atoms with E-state index in [9.17, 15) is 0 Å². The van der Waals surface area contributed by atoms with Crippen LogP contribution in [0.3, 0.4) is 0 Å². The Bertz CT molecular complexity index is 109. The molecule has 0 aliphatic rings. The summed E-state index contributed by atoms with van der Waals surface area (Å²) in [5, 5.41) is 0. The van der Waals surface area contributed by atoms with E-state index in [-0.39, 0.29) is 0 Å². The Kier molecular flexibility index (Phi) is 17.6. The van der Waals surface area contributed by atoms with Gasteiger partial charge in [0.25, 0.3) is 0 Å². The molecule has 104 valence electrons. The SMILES string of the molecule is CCCCCCCC[Te]CCCCCCCC. The van der Waals surface area contributed by atoms with E-state index in [4.69, 9.17) is 0 Å². The maximum absolute atomic E-state index is 2.30. The van der Waals surface area contributed by atoms with E-state index in [1.165, 1.54) is 64.2 Å². The van der Waals surface area contributed by atoms with Crippen molar-refractivity contribution < 1.29 is 0 Å². The zero-order valence-electron chi connectivity index (χ0n) is 12.3. The third-order valence-electron chi connectivity index (χ3n) is 3.28. The molecular weight excluding hydrogens is 320 g/mol. The predicted molar refractivity (Wildman–Crippen MR) is 82.1 cm³/mol. The molecule has 0 saturated carbocycles. The maximum atomic E-state index is 2.30. The van der Waals surface area contributed by atoms with Crippen LogP contribution in [0.2, 0.25) is 8.94 Å². The molecule has 0 aromatic rings. The average Bonchev–Trinajstić information content (AvgIpc) is 2.35. The number of hydrogen-bond acceptors (Lipinski definition) is 0. The molecule has 0 spiro atoms. The van der Waals surface area contributed by atoms with Gasteiger partial charge in [0.2, 0.25) is 0 Å². The Labute approximate surface area is 120 Å². The van der Waals surface area contributed by atoms with Gasteiger partial charge in [0.15, 0.2) is 0 Å². The van der Waals surface area contributed by atoms with E-state index >= 15 is 0 Å². The van der Waals surface area contributed by atoms with Crippen molar-refractivity contribution in [2.24, 2.45) is 0 Å². The minimum absolute atomic E-state index is 0.406. The summed E-state index contributed by atoms with van der Waals surface area (Å²) < 4.78 is 3.23. The molecule has 0 heterocycles. The van der Waals surface area contributed by atoms with E-state index in [2.05, 4.69) is 13.8 Å². The Hall–Kier alpha value is 0.790. The van der Waals surface area contributed by atoms with Gasteiger partial charge < -0.3 is 0 Å². The molecule has 1 heteroatoms. The van der Waals surface area contributed by atoms with Crippen LogP contribution in [0, 0.1) is 0 Å². The molecule has 0 atom stereocenters. The average molecular weight is 354 g/mol. The second kappa shape index (κ2) is 16.8. The summed E-state index contributed by atoms with van der Waals surface area (Å²) in [6.07, 6.45) is 17.7. The van der Waals surface area contributed by atoms with Gasteiger partial charge in [-0.1, -0.05) is 0 Å². The molecule has 0 aliphatic heterocycles. The first-order valence-electron chi connectivity index (χ1n) is 7.99. The van der Waals surface area contributed by atoms with Gasteiger partial charge in [-0.15, -0.1) is 0 Å². The zero-order valence-corrected chi connectivity index (χ0v) is 14.6. The van der Waals surface area contributed by atoms with Crippen LogP contribution in [-0.4, -0.2) is 20.9 Å². The molecule has 0 nitrogen and oxygen atoms in total. The fraction of sp³-hybridized carbons (Fsp3) is 1.00. The molecule has 0 radical (unpaired) electrons. The summed E-state index contributed by atoms with van der Waals surface area (Å²) in [6.45, 7) is 4.60. The van der Waals surface area contributed by atoms with E-state index < -0.39 is 0 Å². The van der Waals surface area contributed by atoms with Crippen LogP contribution in [0.4, 0.5) is 0 Å². The Morgan fingerprint density at radius 2 is 0.824 bits per heavy atom. The van der Waals surface area contributed by atoms with Crippen LogP contribution in [0.1, 0.15) is 90.9 Å². The molecule has 0 saturated heterocycles. The van der Waals surface area contributed by atoms with Gasteiger partial charge in [-0.3, -0.25) is 0 Å². The minimum atomic E-state index is 0.406. The molecule has 0 amide bonds. The van der Waals surface area contributed by atoms with E-state index in [1.54, 1.807) is 21.8 Å². The zero-order chi connectivity index (χ0) is 12.6. The van der Waals surface area contributed by atoms with Crippen molar-refractivity contribution >= 4 is 20.9 Å². The van der Waals surface area contributed by atoms with Crippen molar-refractivity contribution in [1.82, 2.24) is 0 Å². The van der Waals surface area contributed by atoms with Crippen molar-refractivity contribution in [1.29, 1.82) is 0 Å².